The van der Waals surface area contributed by atoms with Crippen molar-refractivity contribution in [2.24, 2.45) is 11.5 Å². The summed E-state index contributed by atoms with van der Waals surface area (Å²) in [6.07, 6.45) is 2.94. The zero-order valence-corrected chi connectivity index (χ0v) is 21.9. The smallest absolute Gasteiger partial charge is 0.344 e. The number of ether oxygens (including phenoxy) is 2. The fraction of sp³-hybridized carbons (Fsp3) is 0.500. The topological polar surface area (TPSA) is 137 Å². The summed E-state index contributed by atoms with van der Waals surface area (Å²) in [4.78, 5) is 24.0. The fourth-order valence-corrected chi connectivity index (χ4v) is 3.99. The number of benzene rings is 2. The van der Waals surface area contributed by atoms with E-state index in [1.54, 1.807) is 6.07 Å². The molecule has 0 aromatic heterocycles. The third-order valence-corrected chi connectivity index (χ3v) is 6.09. The van der Waals surface area contributed by atoms with Crippen molar-refractivity contribution < 1.29 is 24.2 Å². The second-order valence-corrected chi connectivity index (χ2v) is 9.45. The summed E-state index contributed by atoms with van der Waals surface area (Å²) in [5.74, 6) is 0.375. The molecular formula is C28H41N3O5. The maximum atomic E-state index is 12.0. The van der Waals surface area contributed by atoms with Crippen molar-refractivity contribution in [2.75, 3.05) is 26.3 Å². The number of rotatable bonds is 14. The lowest BCUT2D eigenvalue weighted by Gasteiger charge is -2.15. The van der Waals surface area contributed by atoms with Crippen molar-refractivity contribution in [3.63, 3.8) is 0 Å². The first-order valence-corrected chi connectivity index (χ1v) is 12.6. The molecule has 0 aliphatic carbocycles. The van der Waals surface area contributed by atoms with Gasteiger partial charge < -0.3 is 31.4 Å². The SMILES string of the molecule is Cc1cc(OCC(=O)OCCNC(=O)[C@@H](N)CCCCN)cc(C)c1Cc1ccc(O)c(C(C)C)c1. The monoisotopic (exact) mass is 499 g/mol. The van der Waals surface area contributed by atoms with Gasteiger partial charge in [-0.25, -0.2) is 4.79 Å². The average molecular weight is 500 g/mol. The highest BCUT2D eigenvalue weighted by Crippen LogP contribution is 2.29. The molecule has 0 aliphatic heterocycles. The van der Waals surface area contributed by atoms with Crippen molar-refractivity contribution in [1.82, 2.24) is 5.32 Å². The van der Waals surface area contributed by atoms with E-state index in [0.717, 1.165) is 41.5 Å². The average Bonchev–Trinajstić information content (AvgIpc) is 2.83. The predicted octanol–water partition coefficient (Wildman–Crippen LogP) is 3.22. The van der Waals surface area contributed by atoms with Crippen LogP contribution in [-0.4, -0.2) is 49.3 Å². The molecule has 0 unspecified atom stereocenters. The number of nitrogens with one attached hydrogen (secondary N) is 1. The van der Waals surface area contributed by atoms with E-state index in [1.165, 1.54) is 5.56 Å². The standard InChI is InChI=1S/C28H41N3O5/c1-18(2)23-15-21(8-9-26(23)32)16-24-19(3)13-22(14-20(24)4)36-17-27(33)35-12-11-31-28(34)25(30)7-5-6-10-29/h8-9,13-15,18,25,32H,5-7,10-12,16-17,29-30H2,1-4H3,(H,31,34)/t25-/m0/s1. The van der Waals surface area contributed by atoms with Crippen LogP contribution >= 0.6 is 0 Å². The van der Waals surface area contributed by atoms with Gasteiger partial charge in [-0.05, 0) is 91.6 Å². The van der Waals surface area contributed by atoms with E-state index in [9.17, 15) is 14.7 Å². The number of carbonyl (C=O) groups is 2. The van der Waals surface area contributed by atoms with Crippen LogP contribution in [0.25, 0.3) is 0 Å². The van der Waals surface area contributed by atoms with Crippen molar-refractivity contribution in [1.29, 1.82) is 0 Å². The number of hydrogen-bond donors (Lipinski definition) is 4. The molecule has 0 saturated carbocycles. The predicted molar refractivity (Wildman–Crippen MR) is 141 cm³/mol. The summed E-state index contributed by atoms with van der Waals surface area (Å²) in [6.45, 7) is 8.74. The summed E-state index contributed by atoms with van der Waals surface area (Å²) < 4.78 is 10.8. The van der Waals surface area contributed by atoms with Gasteiger partial charge in [-0.3, -0.25) is 4.79 Å². The molecule has 2 rings (SSSR count). The van der Waals surface area contributed by atoms with E-state index in [4.69, 9.17) is 20.9 Å². The first kappa shape index (κ1) is 29.1. The van der Waals surface area contributed by atoms with Crippen LogP contribution in [0.3, 0.4) is 0 Å². The number of carbonyl (C=O) groups excluding carboxylic acids is 2. The maximum absolute atomic E-state index is 12.0. The second kappa shape index (κ2) is 14.5. The van der Waals surface area contributed by atoms with Crippen molar-refractivity contribution in [3.05, 3.63) is 58.1 Å². The van der Waals surface area contributed by atoms with Gasteiger partial charge in [0.2, 0.25) is 5.91 Å². The summed E-state index contributed by atoms with van der Waals surface area (Å²) >= 11 is 0. The number of nitrogens with two attached hydrogens (primary N) is 2. The van der Waals surface area contributed by atoms with Gasteiger partial charge in [0.05, 0.1) is 12.6 Å². The summed E-state index contributed by atoms with van der Waals surface area (Å²) in [7, 11) is 0. The van der Waals surface area contributed by atoms with Crippen LogP contribution in [0.4, 0.5) is 0 Å². The molecule has 0 fully saturated rings. The number of aryl methyl sites for hydroxylation is 2. The van der Waals surface area contributed by atoms with Gasteiger partial charge >= 0.3 is 5.97 Å². The van der Waals surface area contributed by atoms with Crippen LogP contribution in [0.15, 0.2) is 30.3 Å². The zero-order chi connectivity index (χ0) is 26.7. The maximum Gasteiger partial charge on any atom is 0.344 e. The highest BCUT2D eigenvalue weighted by Gasteiger charge is 2.14. The fourth-order valence-electron chi connectivity index (χ4n) is 3.99. The molecular weight excluding hydrogens is 458 g/mol. The van der Waals surface area contributed by atoms with Gasteiger partial charge in [-0.2, -0.15) is 0 Å². The number of aromatic hydroxyl groups is 1. The van der Waals surface area contributed by atoms with E-state index in [0.29, 0.717) is 24.5 Å². The van der Waals surface area contributed by atoms with Crippen LogP contribution in [0.5, 0.6) is 11.5 Å². The molecule has 8 nitrogen and oxygen atoms in total. The van der Waals surface area contributed by atoms with Gasteiger partial charge in [0.1, 0.15) is 18.1 Å². The molecule has 2 aromatic carbocycles. The van der Waals surface area contributed by atoms with Crippen LogP contribution in [0.1, 0.15) is 66.8 Å². The third kappa shape index (κ3) is 9.17. The van der Waals surface area contributed by atoms with E-state index < -0.39 is 12.0 Å². The Morgan fingerprint density at radius 2 is 1.78 bits per heavy atom. The van der Waals surface area contributed by atoms with Gasteiger partial charge in [0, 0.05) is 0 Å². The molecule has 6 N–H and O–H groups in total. The number of esters is 1. The Bertz CT molecular complexity index is 999. The normalized spacial score (nSPS) is 11.9. The largest absolute Gasteiger partial charge is 0.508 e. The van der Waals surface area contributed by atoms with E-state index in [2.05, 4.69) is 25.2 Å². The van der Waals surface area contributed by atoms with Crippen molar-refractivity contribution in [2.45, 2.75) is 65.3 Å². The minimum absolute atomic E-state index is 0.0471. The molecule has 1 atom stereocenters. The van der Waals surface area contributed by atoms with E-state index in [1.807, 2.05) is 32.0 Å². The number of amides is 1. The number of hydrogen-bond acceptors (Lipinski definition) is 7. The van der Waals surface area contributed by atoms with Crippen molar-refractivity contribution >= 4 is 11.9 Å². The Labute approximate surface area is 214 Å². The van der Waals surface area contributed by atoms with Gasteiger partial charge in [-0.1, -0.05) is 32.4 Å². The number of phenols is 1. The summed E-state index contributed by atoms with van der Waals surface area (Å²) in [5.41, 5.74) is 16.6. The first-order chi connectivity index (χ1) is 17.1. The minimum atomic E-state index is -0.587. The lowest BCUT2D eigenvalue weighted by Crippen LogP contribution is -2.42. The summed E-state index contributed by atoms with van der Waals surface area (Å²) in [5, 5.41) is 12.8. The molecule has 1 amide bonds. The lowest BCUT2D eigenvalue weighted by atomic mass is 9.93. The van der Waals surface area contributed by atoms with Crippen LogP contribution < -0.4 is 21.5 Å². The molecule has 0 spiro atoms. The molecule has 198 valence electrons. The Balaban J connectivity index is 1.81. The van der Waals surface area contributed by atoms with Gasteiger partial charge in [0.25, 0.3) is 0 Å². The molecule has 0 saturated heterocycles. The Kier molecular flexibility index (Phi) is 11.7. The number of unbranched alkanes of at least 4 members (excludes halogenated alkanes) is 1. The molecule has 0 heterocycles. The Morgan fingerprint density at radius 1 is 1.08 bits per heavy atom. The molecule has 8 heteroatoms. The molecule has 0 bridgehead atoms. The minimum Gasteiger partial charge on any atom is -0.508 e. The highest BCUT2D eigenvalue weighted by molar-refractivity contribution is 5.81. The van der Waals surface area contributed by atoms with Crippen LogP contribution in [0.2, 0.25) is 0 Å². The Hall–Kier alpha value is -3.10. The molecule has 2 aromatic rings. The van der Waals surface area contributed by atoms with E-state index >= 15 is 0 Å². The molecule has 0 radical (unpaired) electrons. The van der Waals surface area contributed by atoms with Gasteiger partial charge in [0.15, 0.2) is 6.61 Å². The third-order valence-electron chi connectivity index (χ3n) is 6.09. The molecule has 36 heavy (non-hydrogen) atoms. The zero-order valence-electron chi connectivity index (χ0n) is 21.9. The second-order valence-electron chi connectivity index (χ2n) is 9.45. The summed E-state index contributed by atoms with van der Waals surface area (Å²) in [6, 6.07) is 8.98. The quantitative estimate of drug-likeness (QED) is 0.231. The van der Waals surface area contributed by atoms with Crippen LogP contribution in [0, 0.1) is 13.8 Å². The van der Waals surface area contributed by atoms with Crippen LogP contribution in [-0.2, 0) is 20.7 Å². The van der Waals surface area contributed by atoms with Gasteiger partial charge in [-0.15, -0.1) is 0 Å². The first-order valence-electron chi connectivity index (χ1n) is 12.6. The van der Waals surface area contributed by atoms with Crippen molar-refractivity contribution in [3.8, 4) is 11.5 Å². The van der Waals surface area contributed by atoms with E-state index in [-0.39, 0.29) is 31.6 Å². The Morgan fingerprint density at radius 3 is 2.42 bits per heavy atom. The highest BCUT2D eigenvalue weighted by atomic mass is 16.6. The lowest BCUT2D eigenvalue weighted by molar-refractivity contribution is -0.146. The molecule has 0 aliphatic rings. The number of phenolic OH excluding ortho intramolecular Hbond substituents is 1.